The number of para-hydroxylation sites is 2. The van der Waals surface area contributed by atoms with E-state index in [1.165, 1.54) is 23.3 Å². The maximum absolute atomic E-state index is 13.4. The topological polar surface area (TPSA) is 29.9 Å². The van der Waals surface area contributed by atoms with E-state index >= 15 is 0 Å². The molecule has 27 heavy (non-hydrogen) atoms. The van der Waals surface area contributed by atoms with E-state index in [0.717, 1.165) is 29.0 Å². The molecule has 0 aliphatic carbocycles. The van der Waals surface area contributed by atoms with Crippen LogP contribution >= 0.6 is 0 Å². The number of nitrogens with one attached hydrogen (secondary N) is 1. The van der Waals surface area contributed by atoms with Crippen LogP contribution in [0.1, 0.15) is 35.2 Å². The summed E-state index contributed by atoms with van der Waals surface area (Å²) in [5, 5.41) is 3.57. The Bertz CT molecular complexity index is 1110. The maximum atomic E-state index is 13.4. The van der Waals surface area contributed by atoms with Crippen LogP contribution in [0.3, 0.4) is 0 Å². The van der Waals surface area contributed by atoms with Gasteiger partial charge in [-0.05, 0) is 54.3 Å². The predicted octanol–water partition coefficient (Wildman–Crippen LogP) is 5.63. The van der Waals surface area contributed by atoms with E-state index in [1.807, 2.05) is 24.3 Å². The number of anilines is 1. The van der Waals surface area contributed by atoms with E-state index in [4.69, 9.17) is 4.98 Å². The minimum atomic E-state index is -0.211. The van der Waals surface area contributed by atoms with Gasteiger partial charge < -0.3 is 9.88 Å². The summed E-state index contributed by atoms with van der Waals surface area (Å²) >= 11 is 0. The van der Waals surface area contributed by atoms with Gasteiger partial charge in [-0.3, -0.25) is 0 Å². The molecule has 3 nitrogen and oxygen atoms in total. The highest BCUT2D eigenvalue weighted by molar-refractivity contribution is 5.79. The Morgan fingerprint density at radius 2 is 1.70 bits per heavy atom. The van der Waals surface area contributed by atoms with Gasteiger partial charge in [0, 0.05) is 0 Å². The van der Waals surface area contributed by atoms with Crippen molar-refractivity contribution in [2.75, 3.05) is 5.32 Å². The molecule has 4 heteroatoms. The molecule has 134 valence electrons. The number of fused-ring (bicyclic) bond motifs is 3. The van der Waals surface area contributed by atoms with E-state index in [9.17, 15) is 4.39 Å². The Morgan fingerprint density at radius 1 is 0.963 bits per heavy atom. The number of nitrogens with zero attached hydrogens (tertiary/aromatic N) is 2. The minimum absolute atomic E-state index is 0.0829. The molecule has 1 aliphatic heterocycles. The van der Waals surface area contributed by atoms with E-state index in [-0.39, 0.29) is 17.9 Å². The van der Waals surface area contributed by atoms with Gasteiger partial charge in [-0.15, -0.1) is 0 Å². The Balaban J connectivity index is 1.68. The van der Waals surface area contributed by atoms with E-state index < -0.39 is 0 Å². The van der Waals surface area contributed by atoms with E-state index in [0.29, 0.717) is 0 Å². The molecule has 0 radical (unpaired) electrons. The number of rotatable bonds is 2. The minimum Gasteiger partial charge on any atom is -0.349 e. The molecule has 0 spiro atoms. The van der Waals surface area contributed by atoms with Gasteiger partial charge in [-0.25, -0.2) is 9.37 Å². The monoisotopic (exact) mass is 357 g/mol. The number of benzene rings is 3. The highest BCUT2D eigenvalue weighted by atomic mass is 19.1. The summed E-state index contributed by atoms with van der Waals surface area (Å²) < 4.78 is 15.7. The zero-order valence-electron chi connectivity index (χ0n) is 15.1. The second-order valence-electron chi connectivity index (χ2n) is 7.15. The quantitative estimate of drug-likeness (QED) is 0.504. The summed E-state index contributed by atoms with van der Waals surface area (Å²) in [6.07, 6.45) is 0.879. The van der Waals surface area contributed by atoms with Crippen molar-refractivity contribution in [1.29, 1.82) is 0 Å². The predicted molar refractivity (Wildman–Crippen MR) is 106 cm³/mol. The second-order valence-corrected chi connectivity index (χ2v) is 7.15. The number of hydrogen-bond donors (Lipinski definition) is 1. The van der Waals surface area contributed by atoms with Crippen LogP contribution in [0.5, 0.6) is 0 Å². The van der Waals surface area contributed by atoms with Crippen LogP contribution in [-0.4, -0.2) is 9.55 Å². The first-order valence-corrected chi connectivity index (χ1v) is 9.25. The zero-order valence-corrected chi connectivity index (χ0v) is 15.1. The highest BCUT2D eigenvalue weighted by Crippen LogP contribution is 2.41. The summed E-state index contributed by atoms with van der Waals surface area (Å²) in [5.74, 6) is 0.655. The van der Waals surface area contributed by atoms with Gasteiger partial charge >= 0.3 is 0 Å². The summed E-state index contributed by atoms with van der Waals surface area (Å²) in [5.41, 5.74) is 5.76. The third-order valence-corrected chi connectivity index (χ3v) is 5.49. The molecule has 3 aromatic carbocycles. The summed E-state index contributed by atoms with van der Waals surface area (Å²) in [6.45, 7) is 2.16. The van der Waals surface area contributed by atoms with Crippen LogP contribution in [0.4, 0.5) is 10.3 Å². The van der Waals surface area contributed by atoms with Crippen molar-refractivity contribution in [1.82, 2.24) is 9.55 Å². The van der Waals surface area contributed by atoms with Crippen molar-refractivity contribution >= 4 is 17.0 Å². The molecular formula is C23H20FN3. The first-order valence-electron chi connectivity index (χ1n) is 9.25. The average Bonchev–Trinajstić information content (AvgIpc) is 3.07. The summed E-state index contributed by atoms with van der Waals surface area (Å²) in [4.78, 5) is 4.83. The maximum Gasteiger partial charge on any atom is 0.204 e. The number of aryl methyl sites for hydroxylation is 1. The first kappa shape index (κ1) is 16.1. The zero-order chi connectivity index (χ0) is 18.4. The number of hydrogen-bond acceptors (Lipinski definition) is 2. The van der Waals surface area contributed by atoms with Crippen LogP contribution in [0.15, 0.2) is 72.8 Å². The van der Waals surface area contributed by atoms with Crippen molar-refractivity contribution in [2.24, 2.45) is 0 Å². The molecule has 1 aromatic heterocycles. The van der Waals surface area contributed by atoms with Crippen molar-refractivity contribution < 1.29 is 4.39 Å². The molecule has 0 unspecified atom stereocenters. The lowest BCUT2D eigenvalue weighted by Gasteiger charge is -2.34. The van der Waals surface area contributed by atoms with E-state index in [2.05, 4.69) is 53.2 Å². The lowest BCUT2D eigenvalue weighted by atomic mass is 9.91. The fraction of sp³-hybridized carbons (Fsp3) is 0.174. The molecule has 1 N–H and O–H groups in total. The molecule has 2 heterocycles. The molecule has 0 fully saturated rings. The van der Waals surface area contributed by atoms with E-state index in [1.54, 1.807) is 0 Å². The number of halogens is 1. The van der Waals surface area contributed by atoms with Gasteiger partial charge in [0.2, 0.25) is 5.95 Å². The largest absolute Gasteiger partial charge is 0.349 e. The lowest BCUT2D eigenvalue weighted by Crippen LogP contribution is -2.27. The Hall–Kier alpha value is -3.14. The average molecular weight is 357 g/mol. The molecule has 1 aliphatic rings. The van der Waals surface area contributed by atoms with Crippen LogP contribution in [0, 0.1) is 12.7 Å². The third kappa shape index (κ3) is 2.69. The van der Waals surface area contributed by atoms with Gasteiger partial charge in [-0.2, -0.15) is 0 Å². The molecule has 2 atom stereocenters. The lowest BCUT2D eigenvalue weighted by molar-refractivity contribution is 0.475. The second kappa shape index (κ2) is 6.23. The van der Waals surface area contributed by atoms with Crippen LogP contribution in [0.25, 0.3) is 11.0 Å². The van der Waals surface area contributed by atoms with Gasteiger partial charge in [-0.1, -0.05) is 48.5 Å². The first-order chi connectivity index (χ1) is 13.2. The summed E-state index contributed by atoms with van der Waals surface area (Å²) in [7, 11) is 0. The molecule has 0 bridgehead atoms. The van der Waals surface area contributed by atoms with Gasteiger partial charge in [0.05, 0.1) is 23.1 Å². The molecule has 0 saturated carbocycles. The fourth-order valence-corrected chi connectivity index (χ4v) is 4.15. The number of imidazole rings is 1. The third-order valence-electron chi connectivity index (χ3n) is 5.49. The molecular weight excluding hydrogens is 337 g/mol. The molecule has 0 saturated heterocycles. The van der Waals surface area contributed by atoms with Gasteiger partial charge in [0.25, 0.3) is 0 Å². The smallest absolute Gasteiger partial charge is 0.204 e. The Kier molecular flexibility index (Phi) is 3.71. The molecule has 5 rings (SSSR count). The van der Waals surface area contributed by atoms with Gasteiger partial charge in [0.15, 0.2) is 0 Å². The van der Waals surface area contributed by atoms with Crippen molar-refractivity contribution in [3.05, 3.63) is 95.3 Å². The van der Waals surface area contributed by atoms with Crippen LogP contribution in [0.2, 0.25) is 0 Å². The van der Waals surface area contributed by atoms with Crippen LogP contribution in [-0.2, 0) is 0 Å². The standard InChI is InChI=1S/C23H20FN3/c1-15-6-2-3-7-18(15)22-14-20(16-10-12-17(24)13-11-16)26-23-25-19-8-4-5-9-21(19)27(22)23/h2-13,20,22H,14H2,1H3,(H,25,26)/t20-,22-/m1/s1. The van der Waals surface area contributed by atoms with Crippen LogP contribution < -0.4 is 5.32 Å². The van der Waals surface area contributed by atoms with Crippen molar-refractivity contribution in [2.45, 2.75) is 25.4 Å². The van der Waals surface area contributed by atoms with Crippen molar-refractivity contribution in [3.8, 4) is 0 Å². The van der Waals surface area contributed by atoms with Gasteiger partial charge in [0.1, 0.15) is 5.82 Å². The fourth-order valence-electron chi connectivity index (χ4n) is 4.15. The summed E-state index contributed by atoms with van der Waals surface area (Å²) in [6, 6.07) is 23.8. The highest BCUT2D eigenvalue weighted by Gasteiger charge is 2.31. The normalized spacial score (nSPS) is 18.9. The molecule has 0 amide bonds. The number of aromatic nitrogens is 2. The Morgan fingerprint density at radius 3 is 2.52 bits per heavy atom. The SMILES string of the molecule is Cc1ccccc1[C@H]1C[C@H](c2ccc(F)cc2)Nc2nc3ccccc3n21. The Labute approximate surface area is 157 Å². The molecule has 4 aromatic rings. The van der Waals surface area contributed by atoms with Crippen molar-refractivity contribution in [3.63, 3.8) is 0 Å².